The molecule has 0 unspecified atom stereocenters. The van der Waals surface area contributed by atoms with Gasteiger partial charge in [0.2, 0.25) is 5.91 Å². The van der Waals surface area contributed by atoms with Gasteiger partial charge in [0, 0.05) is 12.6 Å². The normalized spacial score (nSPS) is 15.1. The van der Waals surface area contributed by atoms with Gasteiger partial charge in [-0.1, -0.05) is 37.5 Å². The molecule has 0 radical (unpaired) electrons. The third-order valence-electron chi connectivity index (χ3n) is 6.23. The van der Waals surface area contributed by atoms with Crippen molar-refractivity contribution in [3.05, 3.63) is 65.0 Å². The SMILES string of the molecule is Cc1ccc(OCC(=O)N(Cc2ccc(F)cc2)[C@H](C)C(=O)NC2CCCCC2)cc1C. The van der Waals surface area contributed by atoms with Gasteiger partial charge in [0.05, 0.1) is 0 Å². The number of ether oxygens (including phenoxy) is 1. The number of nitrogens with zero attached hydrogens (tertiary/aromatic N) is 1. The van der Waals surface area contributed by atoms with Crippen LogP contribution in [0.25, 0.3) is 0 Å². The van der Waals surface area contributed by atoms with E-state index in [4.69, 9.17) is 4.74 Å². The van der Waals surface area contributed by atoms with E-state index in [1.807, 2.05) is 32.0 Å². The number of hydrogen-bond donors (Lipinski definition) is 1. The molecule has 1 saturated carbocycles. The topological polar surface area (TPSA) is 58.6 Å². The summed E-state index contributed by atoms with van der Waals surface area (Å²) in [5.74, 6) is -0.187. The van der Waals surface area contributed by atoms with Crippen molar-refractivity contribution in [1.82, 2.24) is 10.2 Å². The third kappa shape index (κ3) is 6.55. The highest BCUT2D eigenvalue weighted by Crippen LogP contribution is 2.19. The predicted octanol–water partition coefficient (Wildman–Crippen LogP) is 4.69. The zero-order chi connectivity index (χ0) is 23.1. The molecule has 6 heteroatoms. The smallest absolute Gasteiger partial charge is 0.261 e. The van der Waals surface area contributed by atoms with Crippen LogP contribution in [0.3, 0.4) is 0 Å². The van der Waals surface area contributed by atoms with Gasteiger partial charge in [0.1, 0.15) is 17.6 Å². The average Bonchev–Trinajstić information content (AvgIpc) is 2.79. The van der Waals surface area contributed by atoms with Gasteiger partial charge in [0.25, 0.3) is 5.91 Å². The number of aryl methyl sites for hydroxylation is 2. The van der Waals surface area contributed by atoms with Crippen molar-refractivity contribution in [3.63, 3.8) is 0 Å². The van der Waals surface area contributed by atoms with Crippen LogP contribution in [-0.4, -0.2) is 35.4 Å². The Morgan fingerprint density at radius 1 is 1.06 bits per heavy atom. The Balaban J connectivity index is 1.70. The predicted molar refractivity (Wildman–Crippen MR) is 123 cm³/mol. The molecule has 0 heterocycles. The average molecular weight is 441 g/mol. The molecule has 2 aromatic rings. The molecule has 5 nitrogen and oxygen atoms in total. The lowest BCUT2D eigenvalue weighted by atomic mass is 9.95. The largest absolute Gasteiger partial charge is 0.484 e. The summed E-state index contributed by atoms with van der Waals surface area (Å²) < 4.78 is 19.1. The molecule has 1 fully saturated rings. The fourth-order valence-corrected chi connectivity index (χ4v) is 3.97. The molecule has 1 aliphatic carbocycles. The molecule has 0 aliphatic heterocycles. The van der Waals surface area contributed by atoms with Crippen molar-refractivity contribution in [2.45, 2.75) is 71.5 Å². The molecule has 172 valence electrons. The van der Waals surface area contributed by atoms with Gasteiger partial charge in [-0.15, -0.1) is 0 Å². The van der Waals surface area contributed by atoms with Crippen molar-refractivity contribution < 1.29 is 18.7 Å². The first-order valence-corrected chi connectivity index (χ1v) is 11.4. The lowest BCUT2D eigenvalue weighted by molar-refractivity contribution is -0.142. The van der Waals surface area contributed by atoms with E-state index in [1.54, 1.807) is 19.1 Å². The summed E-state index contributed by atoms with van der Waals surface area (Å²) in [4.78, 5) is 27.6. The Kier molecular flexibility index (Phi) is 8.26. The number of benzene rings is 2. The van der Waals surface area contributed by atoms with Crippen LogP contribution in [0.15, 0.2) is 42.5 Å². The Hall–Kier alpha value is -2.89. The van der Waals surface area contributed by atoms with Crippen LogP contribution < -0.4 is 10.1 Å². The maximum atomic E-state index is 13.3. The van der Waals surface area contributed by atoms with Crippen LogP contribution in [0.2, 0.25) is 0 Å². The standard InChI is InChI=1S/C26H33FN2O3/c1-18-9-14-24(15-19(18)2)32-17-25(30)29(16-21-10-12-22(27)13-11-21)20(3)26(31)28-23-7-5-4-6-8-23/h9-15,20,23H,4-8,16-17H2,1-3H3,(H,28,31)/t20-/m1/s1. The van der Waals surface area contributed by atoms with Gasteiger partial charge in [-0.25, -0.2) is 4.39 Å². The van der Waals surface area contributed by atoms with E-state index in [0.29, 0.717) is 5.75 Å². The quantitative estimate of drug-likeness (QED) is 0.648. The minimum absolute atomic E-state index is 0.160. The molecule has 3 rings (SSSR count). The fourth-order valence-electron chi connectivity index (χ4n) is 3.97. The first kappa shape index (κ1) is 23.8. The Labute approximate surface area is 190 Å². The summed E-state index contributed by atoms with van der Waals surface area (Å²) in [5.41, 5.74) is 2.98. The number of hydrogen-bond acceptors (Lipinski definition) is 3. The van der Waals surface area contributed by atoms with Gasteiger partial charge in [0.15, 0.2) is 6.61 Å². The van der Waals surface area contributed by atoms with Crippen molar-refractivity contribution in [2.75, 3.05) is 6.61 Å². The maximum Gasteiger partial charge on any atom is 0.261 e. The molecule has 1 N–H and O–H groups in total. The van der Waals surface area contributed by atoms with Gasteiger partial charge in [-0.3, -0.25) is 9.59 Å². The van der Waals surface area contributed by atoms with Gasteiger partial charge >= 0.3 is 0 Å². The number of nitrogens with one attached hydrogen (secondary N) is 1. The highest BCUT2D eigenvalue weighted by Gasteiger charge is 2.28. The zero-order valence-electron chi connectivity index (χ0n) is 19.2. The molecular weight excluding hydrogens is 407 g/mol. The molecule has 1 atom stereocenters. The van der Waals surface area contributed by atoms with E-state index in [0.717, 1.165) is 42.4 Å². The second-order valence-corrected chi connectivity index (χ2v) is 8.70. The van der Waals surface area contributed by atoms with Crippen molar-refractivity contribution in [3.8, 4) is 5.75 Å². The van der Waals surface area contributed by atoms with Crippen LogP contribution in [0.5, 0.6) is 5.75 Å². The van der Waals surface area contributed by atoms with E-state index in [9.17, 15) is 14.0 Å². The molecule has 32 heavy (non-hydrogen) atoms. The fraction of sp³-hybridized carbons (Fsp3) is 0.462. The molecule has 0 saturated heterocycles. The molecule has 2 aromatic carbocycles. The summed E-state index contributed by atoms with van der Waals surface area (Å²) in [6.45, 7) is 5.76. The van der Waals surface area contributed by atoms with E-state index >= 15 is 0 Å². The van der Waals surface area contributed by atoms with Gasteiger partial charge in [-0.05, 0) is 74.6 Å². The molecule has 0 bridgehead atoms. The molecule has 0 aromatic heterocycles. The van der Waals surface area contributed by atoms with Crippen molar-refractivity contribution in [2.24, 2.45) is 0 Å². The molecule has 0 spiro atoms. The lowest BCUT2D eigenvalue weighted by Crippen LogP contribution is -2.51. The zero-order valence-corrected chi connectivity index (χ0v) is 19.2. The number of amides is 2. The lowest BCUT2D eigenvalue weighted by Gasteiger charge is -2.31. The van der Waals surface area contributed by atoms with E-state index < -0.39 is 6.04 Å². The number of rotatable bonds is 8. The first-order chi connectivity index (χ1) is 15.3. The van der Waals surface area contributed by atoms with Crippen LogP contribution in [0.1, 0.15) is 55.7 Å². The van der Waals surface area contributed by atoms with E-state index in [-0.39, 0.29) is 36.8 Å². The van der Waals surface area contributed by atoms with Crippen LogP contribution in [0, 0.1) is 19.7 Å². The van der Waals surface area contributed by atoms with Crippen LogP contribution in [-0.2, 0) is 16.1 Å². The summed E-state index contributed by atoms with van der Waals surface area (Å²) in [6.07, 6.45) is 5.37. The molecule has 1 aliphatic rings. The van der Waals surface area contributed by atoms with Crippen molar-refractivity contribution >= 4 is 11.8 Å². The molecule has 2 amide bonds. The molecular formula is C26H33FN2O3. The summed E-state index contributed by atoms with van der Waals surface area (Å²) in [5, 5.41) is 3.10. The second kappa shape index (κ2) is 11.1. The summed E-state index contributed by atoms with van der Waals surface area (Å²) in [6, 6.07) is 11.1. The summed E-state index contributed by atoms with van der Waals surface area (Å²) in [7, 11) is 0. The van der Waals surface area contributed by atoms with Gasteiger partial charge < -0.3 is 15.0 Å². The van der Waals surface area contributed by atoms with Gasteiger partial charge in [-0.2, -0.15) is 0 Å². The monoisotopic (exact) mass is 440 g/mol. The van der Waals surface area contributed by atoms with Crippen molar-refractivity contribution in [1.29, 1.82) is 0 Å². The highest BCUT2D eigenvalue weighted by atomic mass is 19.1. The summed E-state index contributed by atoms with van der Waals surface area (Å²) >= 11 is 0. The van der Waals surface area contributed by atoms with Crippen LogP contribution in [0.4, 0.5) is 4.39 Å². The number of carbonyl (C=O) groups is 2. The maximum absolute atomic E-state index is 13.3. The second-order valence-electron chi connectivity index (χ2n) is 8.70. The van der Waals surface area contributed by atoms with E-state index in [1.165, 1.54) is 23.5 Å². The third-order valence-corrected chi connectivity index (χ3v) is 6.23. The minimum atomic E-state index is -0.669. The Morgan fingerprint density at radius 3 is 2.41 bits per heavy atom. The Morgan fingerprint density at radius 2 is 1.75 bits per heavy atom. The Bertz CT molecular complexity index is 923. The highest BCUT2D eigenvalue weighted by molar-refractivity contribution is 5.88. The first-order valence-electron chi connectivity index (χ1n) is 11.4. The van der Waals surface area contributed by atoms with E-state index in [2.05, 4.69) is 5.32 Å². The van der Waals surface area contributed by atoms with Crippen LogP contribution >= 0.6 is 0 Å². The minimum Gasteiger partial charge on any atom is -0.484 e. The number of carbonyl (C=O) groups excluding carboxylic acids is 2. The number of halogens is 1.